The lowest BCUT2D eigenvalue weighted by molar-refractivity contribution is -0.972. The highest BCUT2D eigenvalue weighted by Gasteiger charge is 2.69. The second-order valence-electron chi connectivity index (χ2n) is 27.9. The topological polar surface area (TPSA) is 266 Å². The molecule has 3 aliphatic heterocycles. The van der Waals surface area contributed by atoms with Crippen LogP contribution in [0.4, 0.5) is 0 Å². The number of quaternary nitrogens is 3. The zero-order valence-electron chi connectivity index (χ0n) is 48.4. The first-order chi connectivity index (χ1) is 34.3. The standard InChI is InChI=1S/C54H96N12O9/c1-46(2)31-64(73,32-47(3,4)61(46)13)52(70,43(67)55-37-25-19-16-20-26-37)40-58-41(53(71,44(68)56-38-27-21-17-22-28-38)65(74)33-48(5,6)62(14)49(7,8)34-65)60-42(59-40)54(72,45(69)57-39-29-23-18-24-30-39)66(75)35-50(9,10)63(15)51(11,12)36-66/h37-39,70-72H,16-36H2,1-15H3,(H,55,67)(H,56,68)(H,57,69). The Labute approximate surface area is 447 Å². The number of hydrogen-bond acceptors (Lipinski definition) is 15. The summed E-state index contributed by atoms with van der Waals surface area (Å²) in [6.07, 6.45) is 10.7. The Morgan fingerprint density at radius 2 is 0.587 bits per heavy atom. The van der Waals surface area contributed by atoms with Crippen LogP contribution >= 0.6 is 0 Å². The molecule has 0 spiro atoms. The van der Waals surface area contributed by atoms with Crippen molar-refractivity contribution in [3.8, 4) is 0 Å². The SMILES string of the molecule is CN1C(C)(C)C[N+]([O-])(C(O)(C(=O)NC2CCCCC2)c2nc(C(O)(C(=O)NC3CCCCC3)[N+]3([O-])CC(C)(C)N(C)C(C)(C)C3)nc(C(O)(C(=O)NC3CCCCC3)[N+]3([O-])CC(C)(C)N(C)C(C)(C)C3)n2)CC1(C)C. The fraction of sp³-hybridized carbons (Fsp3) is 0.889. The molecule has 1 aromatic heterocycles. The van der Waals surface area contributed by atoms with Gasteiger partial charge in [0.2, 0.25) is 17.5 Å². The van der Waals surface area contributed by atoms with Gasteiger partial charge in [0.1, 0.15) is 0 Å². The summed E-state index contributed by atoms with van der Waals surface area (Å²) >= 11 is 0. The van der Waals surface area contributed by atoms with Crippen LogP contribution in [0, 0.1) is 15.6 Å². The molecule has 7 rings (SSSR count). The highest BCUT2D eigenvalue weighted by Crippen LogP contribution is 2.48. The number of carbonyl (C=O) groups excluding carboxylic acids is 3. The third-order valence-electron chi connectivity index (χ3n) is 19.4. The van der Waals surface area contributed by atoms with Gasteiger partial charge in [0, 0.05) is 18.1 Å². The molecule has 21 nitrogen and oxygen atoms in total. The van der Waals surface area contributed by atoms with E-state index >= 15 is 30.0 Å². The van der Waals surface area contributed by atoms with Gasteiger partial charge in [-0.05, 0) is 143 Å². The van der Waals surface area contributed by atoms with Crippen molar-refractivity contribution in [2.75, 3.05) is 60.4 Å². The summed E-state index contributed by atoms with van der Waals surface area (Å²) in [7, 11) is 5.56. The van der Waals surface area contributed by atoms with E-state index in [1.165, 1.54) is 0 Å². The van der Waals surface area contributed by atoms with E-state index in [0.29, 0.717) is 38.5 Å². The van der Waals surface area contributed by atoms with Crippen molar-refractivity contribution in [1.29, 1.82) is 0 Å². The van der Waals surface area contributed by atoms with Gasteiger partial charge in [0.05, 0.1) is 72.5 Å². The number of rotatable bonds is 12. The lowest BCUT2D eigenvalue weighted by atomic mass is 9.85. The molecular formula is C54H96N12O9. The first kappa shape index (κ1) is 59.6. The van der Waals surface area contributed by atoms with Crippen molar-refractivity contribution in [2.24, 2.45) is 0 Å². The normalized spacial score (nSPS) is 29.4. The molecule has 1 aromatic rings. The Morgan fingerprint density at radius 1 is 0.413 bits per heavy atom. The molecule has 0 radical (unpaired) electrons. The number of aliphatic hydroxyl groups is 3. The third kappa shape index (κ3) is 10.4. The van der Waals surface area contributed by atoms with Crippen LogP contribution in [0.1, 0.15) is 197 Å². The third-order valence-corrected chi connectivity index (χ3v) is 19.4. The van der Waals surface area contributed by atoms with Crippen LogP contribution in [-0.2, 0) is 31.6 Å². The van der Waals surface area contributed by atoms with E-state index in [9.17, 15) is 15.3 Å². The number of aromatic nitrogens is 3. The Bertz CT molecular complexity index is 1980. The first-order valence-electron chi connectivity index (χ1n) is 28.1. The van der Waals surface area contributed by atoms with Gasteiger partial charge in [-0.1, -0.05) is 57.8 Å². The Hall–Kier alpha value is -3.06. The highest BCUT2D eigenvalue weighted by atomic mass is 16.6. The number of hydrogen-bond donors (Lipinski definition) is 6. The van der Waals surface area contributed by atoms with Crippen molar-refractivity contribution in [3.63, 3.8) is 0 Å². The van der Waals surface area contributed by atoms with E-state index in [1.54, 1.807) is 0 Å². The summed E-state index contributed by atoms with van der Waals surface area (Å²) in [6, 6.07) is -1.44. The van der Waals surface area contributed by atoms with Crippen molar-refractivity contribution >= 4 is 17.7 Å². The van der Waals surface area contributed by atoms with Gasteiger partial charge in [-0.3, -0.25) is 29.1 Å². The minimum atomic E-state index is -3.38. The first-order valence-corrected chi connectivity index (χ1v) is 28.1. The lowest BCUT2D eigenvalue weighted by Gasteiger charge is -2.65. The molecule has 6 aliphatic rings. The van der Waals surface area contributed by atoms with Gasteiger partial charge in [-0.25, -0.2) is 0 Å². The molecule has 3 aliphatic carbocycles. The molecule has 3 saturated heterocycles. The van der Waals surface area contributed by atoms with Crippen LogP contribution in [0.2, 0.25) is 0 Å². The molecule has 0 bridgehead atoms. The summed E-state index contributed by atoms with van der Waals surface area (Å²) in [6.45, 7) is 19.2. The maximum absolute atomic E-state index is 16.5. The van der Waals surface area contributed by atoms with Gasteiger partial charge in [0.15, 0.2) is 0 Å². The van der Waals surface area contributed by atoms with E-state index in [1.807, 2.05) is 119 Å². The molecule has 426 valence electrons. The van der Waals surface area contributed by atoms with Crippen LogP contribution in [0.5, 0.6) is 0 Å². The largest absolute Gasteiger partial charge is 0.630 e. The molecule has 3 atom stereocenters. The molecule has 4 heterocycles. The number of piperazine rings is 3. The van der Waals surface area contributed by atoms with E-state index in [-0.39, 0.29) is 0 Å². The lowest BCUT2D eigenvalue weighted by Crippen LogP contribution is -2.80. The van der Waals surface area contributed by atoms with Gasteiger partial charge in [-0.15, -0.1) is 0 Å². The number of nitrogens with zero attached hydrogens (tertiary/aromatic N) is 9. The Kier molecular flexibility index (Phi) is 15.8. The van der Waals surface area contributed by atoms with Crippen molar-refractivity contribution in [2.45, 2.75) is 248 Å². The van der Waals surface area contributed by atoms with Crippen LogP contribution < -0.4 is 16.0 Å². The number of carbonyl (C=O) groups is 3. The molecule has 3 unspecified atom stereocenters. The van der Waals surface area contributed by atoms with E-state index in [4.69, 9.17) is 15.0 Å². The van der Waals surface area contributed by atoms with Gasteiger partial charge >= 0.3 is 34.9 Å². The monoisotopic (exact) mass is 1060 g/mol. The van der Waals surface area contributed by atoms with Crippen molar-refractivity contribution in [1.82, 2.24) is 45.6 Å². The fourth-order valence-corrected chi connectivity index (χ4v) is 14.5. The molecule has 3 amide bonds. The number of nitrogens with one attached hydrogen (secondary N) is 3. The molecule has 6 N–H and O–H groups in total. The molecule has 3 saturated carbocycles. The predicted octanol–water partition coefficient (Wildman–Crippen LogP) is 4.11. The molecule has 6 fully saturated rings. The molecule has 75 heavy (non-hydrogen) atoms. The maximum Gasteiger partial charge on any atom is 0.343 e. The summed E-state index contributed by atoms with van der Waals surface area (Å²) in [5, 5.41) is 100. The van der Waals surface area contributed by atoms with E-state index in [2.05, 4.69) is 16.0 Å². The second kappa shape index (κ2) is 19.9. The van der Waals surface area contributed by atoms with Gasteiger partial charge < -0.3 is 60.8 Å². The summed E-state index contributed by atoms with van der Waals surface area (Å²) < 4.78 is -5.12. The summed E-state index contributed by atoms with van der Waals surface area (Å²) in [4.78, 5) is 67.2. The van der Waals surface area contributed by atoms with Crippen LogP contribution in [0.15, 0.2) is 0 Å². The molecular weight excluding hydrogens is 961 g/mol. The van der Waals surface area contributed by atoms with Crippen LogP contribution in [0.25, 0.3) is 0 Å². The quantitative estimate of drug-likeness (QED) is 0.127. The zero-order valence-corrected chi connectivity index (χ0v) is 48.4. The average molecular weight is 1060 g/mol. The number of amides is 3. The second-order valence-corrected chi connectivity index (χ2v) is 27.9. The van der Waals surface area contributed by atoms with Gasteiger partial charge in [0.25, 0.3) is 0 Å². The summed E-state index contributed by atoms with van der Waals surface area (Å²) in [5.41, 5.74) is -16.2. The van der Waals surface area contributed by atoms with Crippen molar-refractivity contribution in [3.05, 3.63) is 33.1 Å². The maximum atomic E-state index is 16.5. The molecule has 21 heteroatoms. The van der Waals surface area contributed by atoms with E-state index in [0.717, 1.165) is 57.8 Å². The average Bonchev–Trinajstić information content (AvgIpc) is 3.30. The Balaban J connectivity index is 1.62. The van der Waals surface area contributed by atoms with Crippen molar-refractivity contribution < 1.29 is 43.6 Å². The zero-order chi connectivity index (χ0) is 56.0. The number of hydroxylamine groups is 9. The van der Waals surface area contributed by atoms with Gasteiger partial charge in [-0.2, -0.15) is 15.0 Å². The van der Waals surface area contributed by atoms with Crippen LogP contribution in [-0.4, -0.2) is 188 Å². The minimum Gasteiger partial charge on any atom is -0.630 e. The summed E-state index contributed by atoms with van der Waals surface area (Å²) in [5.74, 6) is -6.62. The number of likely N-dealkylation sites (N-methyl/N-ethyl adjacent to an activating group) is 3. The highest BCUT2D eigenvalue weighted by molar-refractivity contribution is 5.86. The predicted molar refractivity (Wildman–Crippen MR) is 284 cm³/mol. The van der Waals surface area contributed by atoms with Crippen LogP contribution in [0.3, 0.4) is 0 Å². The Morgan fingerprint density at radius 3 is 0.760 bits per heavy atom. The minimum absolute atomic E-state index is 0.427. The fourth-order valence-electron chi connectivity index (χ4n) is 14.5. The smallest absolute Gasteiger partial charge is 0.343 e. The molecule has 0 aromatic carbocycles. The van der Waals surface area contributed by atoms with E-state index < -0.39 is 157 Å².